The maximum Gasteiger partial charge on any atom is 0.129 e. The molecule has 1 aromatic carbocycles. The lowest BCUT2D eigenvalue weighted by atomic mass is 9.76. The molecular weight excluding hydrogens is 270 g/mol. The van der Waals surface area contributed by atoms with E-state index in [0.29, 0.717) is 24.3 Å². The second kappa shape index (κ2) is 5.88. The number of hydrogen-bond acceptors (Lipinski definition) is 4. The lowest BCUT2D eigenvalue weighted by molar-refractivity contribution is 0.00398. The number of benzene rings is 1. The van der Waals surface area contributed by atoms with Crippen molar-refractivity contribution in [2.24, 2.45) is 10.9 Å². The van der Waals surface area contributed by atoms with Gasteiger partial charge in [-0.05, 0) is 31.3 Å². The predicted molar refractivity (Wildman–Crippen MR) is 74.5 cm³/mol. The maximum absolute atomic E-state index is 14.1. The second-order valence-corrected chi connectivity index (χ2v) is 5.19. The highest BCUT2D eigenvalue weighted by molar-refractivity contribution is 7.94. The van der Waals surface area contributed by atoms with Crippen LogP contribution in [0.15, 0.2) is 23.2 Å². The van der Waals surface area contributed by atoms with Gasteiger partial charge in [-0.3, -0.25) is 4.99 Å². The fourth-order valence-electron chi connectivity index (χ4n) is 2.54. The summed E-state index contributed by atoms with van der Waals surface area (Å²) >= 11 is 0.234. The highest BCUT2D eigenvalue weighted by atomic mass is 32.2. The Morgan fingerprint density at radius 3 is 3.05 bits per heavy atom. The van der Waals surface area contributed by atoms with E-state index in [4.69, 9.17) is 10.5 Å². The molecule has 0 bridgehead atoms. The Labute approximate surface area is 115 Å². The molecule has 1 saturated heterocycles. The van der Waals surface area contributed by atoms with Crippen LogP contribution in [0.2, 0.25) is 0 Å². The first kappa shape index (κ1) is 14.3. The van der Waals surface area contributed by atoms with Crippen molar-refractivity contribution in [2.45, 2.75) is 12.0 Å². The Kier molecular flexibility index (Phi) is 4.42. The molecule has 19 heavy (non-hydrogen) atoms. The molecule has 1 aromatic rings. The van der Waals surface area contributed by atoms with E-state index in [1.165, 1.54) is 18.2 Å². The molecule has 0 radical (unpaired) electrons. The van der Waals surface area contributed by atoms with Crippen LogP contribution in [0.1, 0.15) is 12.0 Å². The Hall–Kier alpha value is -1.14. The molecule has 0 aliphatic carbocycles. The third-order valence-corrected chi connectivity index (χ3v) is 4.14. The number of nitrogen functional groups attached to an aromatic ring is 1. The van der Waals surface area contributed by atoms with Crippen molar-refractivity contribution in [1.82, 2.24) is 0 Å². The van der Waals surface area contributed by atoms with Gasteiger partial charge in [0, 0.05) is 41.7 Å². The SMILES string of the molecule is C=N[C@@]1(c2cc(N)ccc2F)COCCC1CSF. The quantitative estimate of drug-likeness (QED) is 0.684. The van der Waals surface area contributed by atoms with Crippen LogP contribution in [0.4, 0.5) is 14.0 Å². The number of ether oxygens (including phenoxy) is 1. The van der Waals surface area contributed by atoms with Crippen molar-refractivity contribution in [1.29, 1.82) is 0 Å². The molecule has 0 aromatic heterocycles. The molecular formula is C13H16F2N2OS. The molecule has 104 valence electrons. The number of nitrogens with zero attached hydrogens (tertiary/aromatic N) is 1. The van der Waals surface area contributed by atoms with Crippen molar-refractivity contribution in [2.75, 3.05) is 24.7 Å². The maximum atomic E-state index is 14.1. The number of halogens is 2. The third kappa shape index (κ3) is 2.60. The zero-order valence-corrected chi connectivity index (χ0v) is 11.3. The van der Waals surface area contributed by atoms with Crippen LogP contribution in [0.5, 0.6) is 0 Å². The van der Waals surface area contributed by atoms with E-state index in [1.807, 2.05) is 0 Å². The summed E-state index contributed by atoms with van der Waals surface area (Å²) in [5, 5.41) is 0. The van der Waals surface area contributed by atoms with Gasteiger partial charge < -0.3 is 10.5 Å². The lowest BCUT2D eigenvalue weighted by Gasteiger charge is -2.40. The van der Waals surface area contributed by atoms with Gasteiger partial charge in [0.15, 0.2) is 0 Å². The van der Waals surface area contributed by atoms with Crippen molar-refractivity contribution in [3.05, 3.63) is 29.6 Å². The van der Waals surface area contributed by atoms with E-state index < -0.39 is 11.4 Å². The van der Waals surface area contributed by atoms with Crippen molar-refractivity contribution in [3.63, 3.8) is 0 Å². The van der Waals surface area contributed by atoms with E-state index in [9.17, 15) is 8.28 Å². The van der Waals surface area contributed by atoms with Gasteiger partial charge in [0.25, 0.3) is 0 Å². The summed E-state index contributed by atoms with van der Waals surface area (Å²) in [5.41, 5.74) is 5.53. The highest BCUT2D eigenvalue weighted by Crippen LogP contribution is 2.42. The number of anilines is 1. The average Bonchev–Trinajstić information content (AvgIpc) is 2.43. The summed E-state index contributed by atoms with van der Waals surface area (Å²) in [6.45, 7) is 4.28. The van der Waals surface area contributed by atoms with Gasteiger partial charge in [0.1, 0.15) is 11.4 Å². The minimum atomic E-state index is -0.962. The number of rotatable bonds is 4. The highest BCUT2D eigenvalue weighted by Gasteiger charge is 2.44. The fourth-order valence-corrected chi connectivity index (χ4v) is 3.13. The zero-order valence-electron chi connectivity index (χ0n) is 10.4. The van der Waals surface area contributed by atoms with Crippen molar-refractivity contribution >= 4 is 24.6 Å². The standard InChI is InChI=1S/C13H16F2N2OS/c1-17-13(8-18-5-4-9(13)7-19-15)11-6-10(16)2-3-12(11)14/h2-3,6,9H,1,4-5,7-8,16H2/t9?,13-/m0/s1. The molecule has 2 N–H and O–H groups in total. The first-order valence-electron chi connectivity index (χ1n) is 5.98. The van der Waals surface area contributed by atoms with Gasteiger partial charge in [-0.2, -0.15) is 3.89 Å². The minimum Gasteiger partial charge on any atom is -0.399 e. The van der Waals surface area contributed by atoms with Crippen LogP contribution in [0, 0.1) is 11.7 Å². The lowest BCUT2D eigenvalue weighted by Crippen LogP contribution is -2.44. The van der Waals surface area contributed by atoms with E-state index in [1.54, 1.807) is 0 Å². The van der Waals surface area contributed by atoms with Gasteiger partial charge in [-0.15, -0.1) is 0 Å². The van der Waals surface area contributed by atoms with E-state index in [-0.39, 0.29) is 30.4 Å². The van der Waals surface area contributed by atoms with Gasteiger partial charge in [-0.1, -0.05) is 0 Å². The van der Waals surface area contributed by atoms with Crippen molar-refractivity contribution in [3.8, 4) is 0 Å². The molecule has 6 heteroatoms. The monoisotopic (exact) mass is 286 g/mol. The summed E-state index contributed by atoms with van der Waals surface area (Å²) in [6.07, 6.45) is 0.615. The number of aliphatic imine (C=N–C) groups is 1. The summed E-state index contributed by atoms with van der Waals surface area (Å²) in [6, 6.07) is 4.32. The summed E-state index contributed by atoms with van der Waals surface area (Å²) in [5.74, 6) is -0.345. The first-order valence-corrected chi connectivity index (χ1v) is 6.87. The van der Waals surface area contributed by atoms with E-state index in [2.05, 4.69) is 11.7 Å². The van der Waals surface area contributed by atoms with Gasteiger partial charge in [-0.25, -0.2) is 4.39 Å². The first-order chi connectivity index (χ1) is 9.14. The molecule has 2 atom stereocenters. The molecule has 0 spiro atoms. The van der Waals surface area contributed by atoms with E-state index >= 15 is 0 Å². The number of hydrogen-bond donors (Lipinski definition) is 1. The third-order valence-electron chi connectivity index (χ3n) is 3.61. The number of nitrogens with two attached hydrogens (primary N) is 1. The van der Waals surface area contributed by atoms with Crippen LogP contribution in [0.3, 0.4) is 0 Å². The Morgan fingerprint density at radius 1 is 1.58 bits per heavy atom. The molecule has 3 nitrogen and oxygen atoms in total. The van der Waals surface area contributed by atoms with Crippen LogP contribution < -0.4 is 5.73 Å². The molecule has 1 aliphatic heterocycles. The van der Waals surface area contributed by atoms with E-state index in [0.717, 1.165) is 0 Å². The van der Waals surface area contributed by atoms with Gasteiger partial charge >= 0.3 is 0 Å². The van der Waals surface area contributed by atoms with Crippen LogP contribution in [-0.2, 0) is 10.3 Å². The summed E-state index contributed by atoms with van der Waals surface area (Å²) in [4.78, 5) is 4.10. The Morgan fingerprint density at radius 2 is 2.37 bits per heavy atom. The summed E-state index contributed by atoms with van der Waals surface area (Å²) < 4.78 is 32.2. The summed E-state index contributed by atoms with van der Waals surface area (Å²) in [7, 11) is 0. The molecule has 1 fully saturated rings. The smallest absolute Gasteiger partial charge is 0.129 e. The van der Waals surface area contributed by atoms with Crippen LogP contribution >= 0.6 is 12.1 Å². The normalized spacial score (nSPS) is 27.2. The Bertz CT molecular complexity index is 470. The molecule has 2 rings (SSSR count). The molecule has 1 heterocycles. The fraction of sp³-hybridized carbons (Fsp3) is 0.462. The molecule has 0 amide bonds. The zero-order chi connectivity index (χ0) is 13.9. The van der Waals surface area contributed by atoms with Crippen molar-refractivity contribution < 1.29 is 13.0 Å². The Balaban J connectivity index is 2.49. The van der Waals surface area contributed by atoms with Gasteiger partial charge in [0.05, 0.1) is 6.61 Å². The topological polar surface area (TPSA) is 47.6 Å². The predicted octanol–water partition coefficient (Wildman–Crippen LogP) is 2.96. The van der Waals surface area contributed by atoms with Gasteiger partial charge in [0.2, 0.25) is 0 Å². The average molecular weight is 286 g/mol. The largest absolute Gasteiger partial charge is 0.399 e. The van der Waals surface area contributed by atoms with Crippen LogP contribution in [0.25, 0.3) is 0 Å². The molecule has 0 saturated carbocycles. The minimum absolute atomic E-state index is 0.162. The van der Waals surface area contributed by atoms with Crippen LogP contribution in [-0.4, -0.2) is 25.7 Å². The molecule has 1 aliphatic rings. The second-order valence-electron chi connectivity index (χ2n) is 4.64. The molecule has 1 unspecified atom stereocenters.